The average Bonchev–Trinajstić information content (AvgIpc) is 2.42. The van der Waals surface area contributed by atoms with Gasteiger partial charge in [-0.1, -0.05) is 27.5 Å². The normalized spacial score (nSPS) is 11.5. The van der Waals surface area contributed by atoms with Gasteiger partial charge in [0.05, 0.1) is 10.6 Å². The molecular weight excluding hydrogens is 392 g/mol. The van der Waals surface area contributed by atoms with Gasteiger partial charge in [0.25, 0.3) is 0 Å². The molecule has 0 aliphatic heterocycles. The maximum Gasteiger partial charge on any atom is 0.416 e. The molecule has 7 heteroatoms. The predicted octanol–water partition coefficient (Wildman–Crippen LogP) is 6.65. The molecule has 1 nitrogen and oxygen atoms in total. The van der Waals surface area contributed by atoms with Crippen molar-refractivity contribution in [2.75, 3.05) is 0 Å². The number of benzene rings is 2. The van der Waals surface area contributed by atoms with Crippen LogP contribution in [0.15, 0.2) is 40.9 Å². The summed E-state index contributed by atoms with van der Waals surface area (Å²) in [6.45, 7) is 0. The van der Waals surface area contributed by atoms with Gasteiger partial charge in [0, 0.05) is 10.4 Å². The minimum absolute atomic E-state index is 0.111. The second-order valence-corrected chi connectivity index (χ2v) is 5.66. The van der Waals surface area contributed by atoms with Gasteiger partial charge in [-0.05, 0) is 42.0 Å². The minimum Gasteiger partial charge on any atom is -0.456 e. The zero-order chi connectivity index (χ0) is 15.6. The molecule has 0 heterocycles. The topological polar surface area (TPSA) is 9.23 Å². The van der Waals surface area contributed by atoms with Crippen LogP contribution < -0.4 is 4.74 Å². The fraction of sp³-hybridized carbons (Fsp3) is 0.143. The summed E-state index contributed by atoms with van der Waals surface area (Å²) >= 11 is 14.9. The van der Waals surface area contributed by atoms with Crippen molar-refractivity contribution in [1.29, 1.82) is 0 Å². The summed E-state index contributed by atoms with van der Waals surface area (Å²) in [7, 11) is 0. The van der Waals surface area contributed by atoms with E-state index in [-0.39, 0.29) is 16.7 Å². The first-order chi connectivity index (χ1) is 9.81. The molecule has 0 radical (unpaired) electrons. The number of hydrogen-bond donors (Lipinski definition) is 0. The molecule has 2 aromatic carbocycles. The summed E-state index contributed by atoms with van der Waals surface area (Å²) in [5.41, 5.74) is -0.0192. The lowest BCUT2D eigenvalue weighted by Gasteiger charge is -2.12. The maximum absolute atomic E-state index is 12.6. The summed E-state index contributed by atoms with van der Waals surface area (Å²) in [5, 5.41) is -0.111. The van der Waals surface area contributed by atoms with E-state index in [0.717, 1.165) is 22.2 Å². The third-order valence-electron chi connectivity index (χ3n) is 2.65. The van der Waals surface area contributed by atoms with Crippen molar-refractivity contribution in [3.8, 4) is 11.5 Å². The smallest absolute Gasteiger partial charge is 0.416 e. The Morgan fingerprint density at radius 3 is 2.38 bits per heavy atom. The van der Waals surface area contributed by atoms with Gasteiger partial charge in [0.1, 0.15) is 11.5 Å². The number of halogens is 6. The van der Waals surface area contributed by atoms with Crippen LogP contribution in [0, 0.1) is 0 Å². The number of hydrogen-bond acceptors (Lipinski definition) is 1. The molecule has 0 amide bonds. The molecule has 0 aliphatic rings. The van der Waals surface area contributed by atoms with Crippen LogP contribution in [0.5, 0.6) is 11.5 Å². The Morgan fingerprint density at radius 2 is 1.81 bits per heavy atom. The molecule has 0 atom stereocenters. The minimum atomic E-state index is -4.44. The van der Waals surface area contributed by atoms with Crippen LogP contribution in [-0.2, 0) is 12.1 Å². The van der Waals surface area contributed by atoms with Gasteiger partial charge in [-0.2, -0.15) is 13.2 Å². The fourth-order valence-corrected chi connectivity index (χ4v) is 2.59. The number of ether oxygens (including phenoxy) is 1. The van der Waals surface area contributed by atoms with Crippen molar-refractivity contribution in [2.45, 2.75) is 12.1 Å². The zero-order valence-electron chi connectivity index (χ0n) is 10.3. The van der Waals surface area contributed by atoms with Crippen molar-refractivity contribution in [3.05, 3.63) is 57.0 Å². The quantitative estimate of drug-likeness (QED) is 0.525. The van der Waals surface area contributed by atoms with Crippen molar-refractivity contribution < 1.29 is 17.9 Å². The van der Waals surface area contributed by atoms with Crippen molar-refractivity contribution >= 4 is 39.1 Å². The summed E-state index contributed by atoms with van der Waals surface area (Å²) < 4.78 is 44.0. The fourth-order valence-electron chi connectivity index (χ4n) is 1.60. The average molecular weight is 400 g/mol. The molecule has 0 fully saturated rings. The first-order valence-electron chi connectivity index (χ1n) is 5.70. The van der Waals surface area contributed by atoms with Crippen molar-refractivity contribution in [3.63, 3.8) is 0 Å². The highest BCUT2D eigenvalue weighted by molar-refractivity contribution is 9.10. The van der Waals surface area contributed by atoms with E-state index in [2.05, 4.69) is 15.9 Å². The van der Waals surface area contributed by atoms with Crippen LogP contribution in [0.3, 0.4) is 0 Å². The molecule has 0 bridgehead atoms. The van der Waals surface area contributed by atoms with Gasteiger partial charge in [0.15, 0.2) is 0 Å². The van der Waals surface area contributed by atoms with E-state index >= 15 is 0 Å². The van der Waals surface area contributed by atoms with Gasteiger partial charge in [-0.25, -0.2) is 0 Å². The van der Waals surface area contributed by atoms with Crippen LogP contribution in [0.1, 0.15) is 11.1 Å². The molecule has 21 heavy (non-hydrogen) atoms. The number of alkyl halides is 4. The Hall–Kier alpha value is -0.910. The summed E-state index contributed by atoms with van der Waals surface area (Å²) in [6.07, 6.45) is -4.44. The van der Waals surface area contributed by atoms with Gasteiger partial charge in [0.2, 0.25) is 0 Å². The predicted molar refractivity (Wildman–Crippen MR) is 80.2 cm³/mol. The molecule has 0 saturated heterocycles. The highest BCUT2D eigenvalue weighted by Gasteiger charge is 2.31. The Kier molecular flexibility index (Phi) is 5.07. The highest BCUT2D eigenvalue weighted by Crippen LogP contribution is 2.37. The molecule has 112 valence electrons. The maximum atomic E-state index is 12.6. The Bertz CT molecular complexity index is 659. The van der Waals surface area contributed by atoms with Gasteiger partial charge < -0.3 is 4.74 Å². The summed E-state index contributed by atoms with van der Waals surface area (Å²) in [6, 6.07) is 8.03. The SMILES string of the molecule is FC(F)(F)c1ccc(Oc2ccc(Br)c(CCl)c2)c(Cl)c1. The lowest BCUT2D eigenvalue weighted by molar-refractivity contribution is -0.137. The summed E-state index contributed by atoms with van der Waals surface area (Å²) in [5.74, 6) is 0.862. The van der Waals surface area contributed by atoms with E-state index in [1.807, 2.05) is 0 Å². The van der Waals surface area contributed by atoms with E-state index < -0.39 is 11.7 Å². The first kappa shape index (κ1) is 16.5. The zero-order valence-corrected chi connectivity index (χ0v) is 13.4. The lowest BCUT2D eigenvalue weighted by atomic mass is 10.2. The van der Waals surface area contributed by atoms with Crippen molar-refractivity contribution in [1.82, 2.24) is 0 Å². The van der Waals surface area contributed by atoms with Gasteiger partial charge in [-0.3, -0.25) is 0 Å². The van der Waals surface area contributed by atoms with E-state index in [9.17, 15) is 13.2 Å². The standard InChI is InChI=1S/C14H8BrCl2F3O/c15-11-3-2-10(5-8(11)7-16)21-13-4-1-9(6-12(13)17)14(18,19)20/h1-6H,7H2. The molecular formula is C14H8BrCl2F3O. The third-order valence-corrected chi connectivity index (χ3v) is 4.01. The first-order valence-corrected chi connectivity index (χ1v) is 7.41. The monoisotopic (exact) mass is 398 g/mol. The van der Waals surface area contributed by atoms with Crippen LogP contribution >= 0.6 is 39.1 Å². The molecule has 2 aromatic rings. The van der Waals surface area contributed by atoms with Gasteiger partial charge >= 0.3 is 6.18 Å². The van der Waals surface area contributed by atoms with E-state index in [1.54, 1.807) is 18.2 Å². The lowest BCUT2D eigenvalue weighted by Crippen LogP contribution is -2.04. The molecule has 0 spiro atoms. The number of rotatable bonds is 3. The second kappa shape index (κ2) is 6.46. The van der Waals surface area contributed by atoms with E-state index in [4.69, 9.17) is 27.9 Å². The summed E-state index contributed by atoms with van der Waals surface area (Å²) in [4.78, 5) is 0. The van der Waals surface area contributed by atoms with Gasteiger partial charge in [-0.15, -0.1) is 11.6 Å². The molecule has 0 N–H and O–H groups in total. The largest absolute Gasteiger partial charge is 0.456 e. The highest BCUT2D eigenvalue weighted by atomic mass is 79.9. The van der Waals surface area contributed by atoms with Crippen LogP contribution in [0.2, 0.25) is 5.02 Å². The Morgan fingerprint density at radius 1 is 1.10 bits per heavy atom. The third kappa shape index (κ3) is 4.05. The molecule has 0 aliphatic carbocycles. The van der Waals surface area contributed by atoms with Crippen LogP contribution in [0.25, 0.3) is 0 Å². The van der Waals surface area contributed by atoms with E-state index in [0.29, 0.717) is 5.75 Å². The van der Waals surface area contributed by atoms with Crippen LogP contribution in [0.4, 0.5) is 13.2 Å². The Labute approximate surface area is 137 Å². The molecule has 2 rings (SSSR count). The molecule has 0 saturated carbocycles. The second-order valence-electron chi connectivity index (χ2n) is 4.13. The molecule has 0 unspecified atom stereocenters. The Balaban J connectivity index is 2.28. The van der Waals surface area contributed by atoms with Crippen LogP contribution in [-0.4, -0.2) is 0 Å². The van der Waals surface area contributed by atoms with Crippen molar-refractivity contribution in [2.24, 2.45) is 0 Å². The molecule has 0 aromatic heterocycles. The van der Waals surface area contributed by atoms with E-state index in [1.165, 1.54) is 6.07 Å².